The highest BCUT2D eigenvalue weighted by atomic mass is 15.0. The molecule has 0 spiro atoms. The molecule has 4 rings (SSSR count). The van der Waals surface area contributed by atoms with E-state index in [1.807, 2.05) is 0 Å². The summed E-state index contributed by atoms with van der Waals surface area (Å²) in [6.07, 6.45) is 1.32. The van der Waals surface area contributed by atoms with Crippen LogP contribution >= 0.6 is 0 Å². The second-order valence-electron chi connectivity index (χ2n) is 5.59. The van der Waals surface area contributed by atoms with Gasteiger partial charge in [-0.05, 0) is 34.6 Å². The Morgan fingerprint density at radius 3 is 1.89 bits per heavy atom. The SMILES string of the molecule is CC1CC1NC1c2ccccc2-c2ccccc21. The highest BCUT2D eigenvalue weighted by Crippen LogP contribution is 2.45. The van der Waals surface area contributed by atoms with Crippen LogP contribution in [-0.4, -0.2) is 6.04 Å². The highest BCUT2D eigenvalue weighted by molar-refractivity contribution is 5.78. The van der Waals surface area contributed by atoms with Crippen LogP contribution in [0.2, 0.25) is 0 Å². The monoisotopic (exact) mass is 235 g/mol. The Hall–Kier alpha value is -1.60. The van der Waals surface area contributed by atoms with Crippen LogP contribution in [0.4, 0.5) is 0 Å². The molecule has 1 nitrogen and oxygen atoms in total. The van der Waals surface area contributed by atoms with E-state index in [-0.39, 0.29) is 0 Å². The van der Waals surface area contributed by atoms with E-state index >= 15 is 0 Å². The van der Waals surface area contributed by atoms with Crippen molar-refractivity contribution in [2.45, 2.75) is 25.4 Å². The summed E-state index contributed by atoms with van der Waals surface area (Å²) < 4.78 is 0. The lowest BCUT2D eigenvalue weighted by atomic mass is 10.1. The zero-order chi connectivity index (χ0) is 12.1. The van der Waals surface area contributed by atoms with Gasteiger partial charge in [0.25, 0.3) is 0 Å². The Morgan fingerprint density at radius 1 is 0.889 bits per heavy atom. The van der Waals surface area contributed by atoms with Crippen LogP contribution in [0.15, 0.2) is 48.5 Å². The van der Waals surface area contributed by atoms with Gasteiger partial charge < -0.3 is 5.32 Å². The summed E-state index contributed by atoms with van der Waals surface area (Å²) in [5, 5.41) is 3.81. The molecule has 2 unspecified atom stereocenters. The minimum absolute atomic E-state index is 0.396. The van der Waals surface area contributed by atoms with Crippen LogP contribution < -0.4 is 5.32 Å². The molecule has 1 N–H and O–H groups in total. The topological polar surface area (TPSA) is 12.0 Å². The number of nitrogens with one attached hydrogen (secondary N) is 1. The minimum atomic E-state index is 0.396. The van der Waals surface area contributed by atoms with Crippen molar-refractivity contribution in [1.82, 2.24) is 5.32 Å². The van der Waals surface area contributed by atoms with Crippen LogP contribution in [0.3, 0.4) is 0 Å². The zero-order valence-corrected chi connectivity index (χ0v) is 10.6. The first-order valence-electron chi connectivity index (χ1n) is 6.79. The molecular weight excluding hydrogens is 218 g/mol. The van der Waals surface area contributed by atoms with Gasteiger partial charge in [0, 0.05) is 6.04 Å². The van der Waals surface area contributed by atoms with Gasteiger partial charge in [0.15, 0.2) is 0 Å². The van der Waals surface area contributed by atoms with Gasteiger partial charge in [0.2, 0.25) is 0 Å². The predicted molar refractivity (Wildman–Crippen MR) is 74.4 cm³/mol. The molecule has 0 heterocycles. The molecule has 90 valence electrons. The number of rotatable bonds is 2. The Morgan fingerprint density at radius 2 is 1.39 bits per heavy atom. The van der Waals surface area contributed by atoms with Crippen molar-refractivity contribution in [2.75, 3.05) is 0 Å². The molecular formula is C17H17N. The third kappa shape index (κ3) is 1.44. The molecule has 0 aliphatic heterocycles. The van der Waals surface area contributed by atoms with Crippen molar-refractivity contribution >= 4 is 0 Å². The second kappa shape index (κ2) is 3.69. The Kier molecular flexibility index (Phi) is 2.12. The Labute approximate surface area is 108 Å². The van der Waals surface area contributed by atoms with Crippen molar-refractivity contribution < 1.29 is 0 Å². The van der Waals surface area contributed by atoms with Crippen LogP contribution in [-0.2, 0) is 0 Å². The molecule has 0 saturated heterocycles. The van der Waals surface area contributed by atoms with Gasteiger partial charge in [-0.2, -0.15) is 0 Å². The van der Waals surface area contributed by atoms with Gasteiger partial charge in [0.1, 0.15) is 0 Å². The van der Waals surface area contributed by atoms with Crippen LogP contribution in [0.5, 0.6) is 0 Å². The normalized spacial score (nSPS) is 24.7. The Balaban J connectivity index is 1.82. The maximum absolute atomic E-state index is 3.81. The largest absolute Gasteiger partial charge is 0.303 e. The van der Waals surface area contributed by atoms with E-state index in [0.717, 1.165) is 5.92 Å². The smallest absolute Gasteiger partial charge is 0.0591 e. The quantitative estimate of drug-likeness (QED) is 0.835. The molecule has 2 aliphatic carbocycles. The van der Waals surface area contributed by atoms with E-state index in [4.69, 9.17) is 0 Å². The molecule has 0 amide bonds. The molecule has 1 heteroatoms. The Bertz CT molecular complexity index is 557. The molecule has 1 fully saturated rings. The fourth-order valence-electron chi connectivity index (χ4n) is 3.10. The van der Waals surface area contributed by atoms with E-state index in [0.29, 0.717) is 12.1 Å². The lowest BCUT2D eigenvalue weighted by molar-refractivity contribution is 0.587. The van der Waals surface area contributed by atoms with Crippen LogP contribution in [0.1, 0.15) is 30.5 Å². The third-order valence-electron chi connectivity index (χ3n) is 4.32. The number of fused-ring (bicyclic) bond motifs is 3. The number of hydrogen-bond donors (Lipinski definition) is 1. The number of hydrogen-bond acceptors (Lipinski definition) is 1. The fourth-order valence-corrected chi connectivity index (χ4v) is 3.10. The summed E-state index contributed by atoms with van der Waals surface area (Å²) in [7, 11) is 0. The minimum Gasteiger partial charge on any atom is -0.303 e. The first kappa shape index (κ1) is 10.3. The molecule has 1 saturated carbocycles. The third-order valence-corrected chi connectivity index (χ3v) is 4.32. The fraction of sp³-hybridized carbons (Fsp3) is 0.294. The standard InChI is InChI=1S/C17H17N/c1-11-10-16(11)18-17-14-8-4-2-6-12(14)13-7-3-5-9-15(13)17/h2-9,11,16-18H,10H2,1H3. The van der Waals surface area contributed by atoms with Crippen LogP contribution in [0.25, 0.3) is 11.1 Å². The molecule has 2 aromatic carbocycles. The van der Waals surface area contributed by atoms with E-state index in [9.17, 15) is 0 Å². The first-order chi connectivity index (χ1) is 8.84. The maximum Gasteiger partial charge on any atom is 0.0591 e. The summed E-state index contributed by atoms with van der Waals surface area (Å²) in [5.41, 5.74) is 5.69. The van der Waals surface area contributed by atoms with Crippen LogP contribution in [0, 0.1) is 5.92 Å². The van der Waals surface area contributed by atoms with Gasteiger partial charge in [0.05, 0.1) is 6.04 Å². The van der Waals surface area contributed by atoms with Gasteiger partial charge in [-0.25, -0.2) is 0 Å². The highest BCUT2D eigenvalue weighted by Gasteiger charge is 2.37. The summed E-state index contributed by atoms with van der Waals surface area (Å²) in [6.45, 7) is 2.32. The van der Waals surface area contributed by atoms with Gasteiger partial charge >= 0.3 is 0 Å². The van der Waals surface area contributed by atoms with Gasteiger partial charge in [-0.1, -0.05) is 55.5 Å². The first-order valence-corrected chi connectivity index (χ1v) is 6.79. The van der Waals surface area contributed by atoms with Gasteiger partial charge in [-0.15, -0.1) is 0 Å². The lowest BCUT2D eigenvalue weighted by Gasteiger charge is -2.15. The average Bonchev–Trinajstić information content (AvgIpc) is 3.02. The molecule has 2 aromatic rings. The molecule has 0 bridgehead atoms. The number of benzene rings is 2. The van der Waals surface area contributed by atoms with Crippen molar-refractivity contribution in [3.63, 3.8) is 0 Å². The van der Waals surface area contributed by atoms with E-state index in [2.05, 4.69) is 60.8 Å². The van der Waals surface area contributed by atoms with E-state index in [1.54, 1.807) is 0 Å². The maximum atomic E-state index is 3.81. The molecule has 0 aromatic heterocycles. The van der Waals surface area contributed by atoms with E-state index in [1.165, 1.54) is 28.7 Å². The predicted octanol–water partition coefficient (Wildman–Crippen LogP) is 3.75. The average molecular weight is 235 g/mol. The second-order valence-corrected chi connectivity index (χ2v) is 5.59. The zero-order valence-electron chi connectivity index (χ0n) is 10.6. The summed E-state index contributed by atoms with van der Waals surface area (Å²) in [5.74, 6) is 0.838. The molecule has 2 atom stereocenters. The van der Waals surface area contributed by atoms with Crippen molar-refractivity contribution in [2.24, 2.45) is 5.92 Å². The van der Waals surface area contributed by atoms with Crippen molar-refractivity contribution in [3.05, 3.63) is 59.7 Å². The van der Waals surface area contributed by atoms with Crippen molar-refractivity contribution in [3.8, 4) is 11.1 Å². The van der Waals surface area contributed by atoms with E-state index < -0.39 is 0 Å². The molecule has 2 aliphatic rings. The van der Waals surface area contributed by atoms with Gasteiger partial charge in [-0.3, -0.25) is 0 Å². The summed E-state index contributed by atoms with van der Waals surface area (Å²) >= 11 is 0. The summed E-state index contributed by atoms with van der Waals surface area (Å²) in [4.78, 5) is 0. The lowest BCUT2D eigenvalue weighted by Crippen LogP contribution is -2.23. The molecule has 18 heavy (non-hydrogen) atoms. The van der Waals surface area contributed by atoms with Crippen molar-refractivity contribution in [1.29, 1.82) is 0 Å². The molecule has 0 radical (unpaired) electrons. The summed E-state index contributed by atoms with van der Waals surface area (Å²) in [6, 6.07) is 18.7.